The zero-order valence-corrected chi connectivity index (χ0v) is 15.8. The number of nitrogens with zero attached hydrogens (tertiary/aromatic N) is 1. The Morgan fingerprint density at radius 2 is 2.00 bits per heavy atom. The van der Waals surface area contributed by atoms with Gasteiger partial charge in [0.2, 0.25) is 0 Å². The molecule has 1 aromatic carbocycles. The van der Waals surface area contributed by atoms with Gasteiger partial charge in [-0.05, 0) is 29.1 Å². The van der Waals surface area contributed by atoms with Crippen LogP contribution in [0, 0.1) is 0 Å². The molecule has 20 heavy (non-hydrogen) atoms. The fraction of sp³-hybridized carbons (Fsp3) is 0.214. The maximum atomic E-state index is 4.21. The van der Waals surface area contributed by atoms with Gasteiger partial charge in [-0.2, -0.15) is 0 Å². The Morgan fingerprint density at radius 3 is 2.65 bits per heavy atom. The van der Waals surface area contributed by atoms with E-state index in [0.717, 1.165) is 23.5 Å². The summed E-state index contributed by atoms with van der Waals surface area (Å²) in [7, 11) is 1.78. The minimum atomic E-state index is 0. The summed E-state index contributed by atoms with van der Waals surface area (Å²) in [5.41, 5.74) is 1.22. The van der Waals surface area contributed by atoms with Crippen molar-refractivity contribution in [1.82, 2.24) is 10.6 Å². The molecule has 0 aliphatic carbocycles. The molecule has 0 aliphatic heterocycles. The van der Waals surface area contributed by atoms with Crippen LogP contribution in [0.4, 0.5) is 0 Å². The van der Waals surface area contributed by atoms with Gasteiger partial charge >= 0.3 is 0 Å². The van der Waals surface area contributed by atoms with E-state index in [1.54, 1.807) is 18.4 Å². The lowest BCUT2D eigenvalue weighted by molar-refractivity contribution is 0.815. The van der Waals surface area contributed by atoms with Gasteiger partial charge < -0.3 is 10.6 Å². The molecule has 108 valence electrons. The van der Waals surface area contributed by atoms with Crippen molar-refractivity contribution in [2.24, 2.45) is 4.99 Å². The van der Waals surface area contributed by atoms with Crippen LogP contribution in [0.3, 0.4) is 0 Å². The van der Waals surface area contributed by atoms with Gasteiger partial charge in [0.25, 0.3) is 0 Å². The quantitative estimate of drug-likeness (QED) is 0.407. The van der Waals surface area contributed by atoms with Crippen molar-refractivity contribution in [2.75, 3.05) is 7.05 Å². The van der Waals surface area contributed by atoms with Crippen LogP contribution in [-0.2, 0) is 13.1 Å². The SMILES string of the molecule is CN=C(NCc1cccc(Br)c1)NCc1cccs1.I. The molecular formula is C14H17BrIN3S. The first-order valence-corrected chi connectivity index (χ1v) is 7.66. The van der Waals surface area contributed by atoms with Crippen LogP contribution in [0.15, 0.2) is 51.2 Å². The molecule has 0 saturated heterocycles. The Hall–Kier alpha value is -0.600. The third kappa shape index (κ3) is 5.80. The van der Waals surface area contributed by atoms with Crippen LogP contribution >= 0.6 is 51.2 Å². The van der Waals surface area contributed by atoms with E-state index in [4.69, 9.17) is 0 Å². The molecule has 2 N–H and O–H groups in total. The normalized spacial score (nSPS) is 10.8. The minimum Gasteiger partial charge on any atom is -0.352 e. The van der Waals surface area contributed by atoms with E-state index in [0.29, 0.717) is 0 Å². The maximum absolute atomic E-state index is 4.21. The number of halogens is 2. The molecular weight excluding hydrogens is 449 g/mol. The zero-order chi connectivity index (χ0) is 13.5. The maximum Gasteiger partial charge on any atom is 0.191 e. The van der Waals surface area contributed by atoms with E-state index in [1.807, 2.05) is 12.1 Å². The Bertz CT molecular complexity index is 543. The molecule has 0 unspecified atom stereocenters. The zero-order valence-electron chi connectivity index (χ0n) is 11.1. The Balaban J connectivity index is 0.00000200. The highest BCUT2D eigenvalue weighted by Gasteiger charge is 1.99. The van der Waals surface area contributed by atoms with Gasteiger partial charge in [0.05, 0.1) is 6.54 Å². The second-order valence-corrected chi connectivity index (χ2v) is 5.94. The summed E-state index contributed by atoms with van der Waals surface area (Å²) in [6, 6.07) is 12.4. The average Bonchev–Trinajstić information content (AvgIpc) is 2.92. The number of hydrogen-bond acceptors (Lipinski definition) is 2. The molecule has 0 amide bonds. The summed E-state index contributed by atoms with van der Waals surface area (Å²) >= 11 is 5.21. The van der Waals surface area contributed by atoms with Gasteiger partial charge in [-0.15, -0.1) is 35.3 Å². The Morgan fingerprint density at radius 1 is 1.20 bits per heavy atom. The van der Waals surface area contributed by atoms with Crippen LogP contribution in [0.5, 0.6) is 0 Å². The van der Waals surface area contributed by atoms with Gasteiger partial charge in [-0.25, -0.2) is 0 Å². The minimum absolute atomic E-state index is 0. The lowest BCUT2D eigenvalue weighted by atomic mass is 10.2. The van der Waals surface area contributed by atoms with Gasteiger partial charge in [0.1, 0.15) is 0 Å². The molecule has 0 atom stereocenters. The average molecular weight is 466 g/mol. The Labute approximate surface area is 149 Å². The highest BCUT2D eigenvalue weighted by Crippen LogP contribution is 2.11. The second kappa shape index (κ2) is 9.36. The number of guanidine groups is 1. The van der Waals surface area contributed by atoms with Gasteiger partial charge in [-0.1, -0.05) is 34.1 Å². The summed E-state index contributed by atoms with van der Waals surface area (Å²) in [5.74, 6) is 0.813. The van der Waals surface area contributed by atoms with Crippen molar-refractivity contribution in [3.63, 3.8) is 0 Å². The second-order valence-electron chi connectivity index (χ2n) is 3.99. The first-order chi connectivity index (χ1) is 9.28. The van der Waals surface area contributed by atoms with Crippen LogP contribution in [0.1, 0.15) is 10.4 Å². The van der Waals surface area contributed by atoms with Crippen LogP contribution < -0.4 is 10.6 Å². The molecule has 0 aliphatic rings. The number of benzene rings is 1. The van der Waals surface area contributed by atoms with E-state index >= 15 is 0 Å². The van der Waals surface area contributed by atoms with Crippen molar-refractivity contribution in [3.8, 4) is 0 Å². The Kier molecular flexibility index (Phi) is 8.16. The smallest absolute Gasteiger partial charge is 0.191 e. The summed E-state index contributed by atoms with van der Waals surface area (Å²) in [4.78, 5) is 5.51. The van der Waals surface area contributed by atoms with Crippen LogP contribution in [0.25, 0.3) is 0 Å². The molecule has 1 aromatic heterocycles. The fourth-order valence-corrected chi connectivity index (χ4v) is 2.73. The van der Waals surface area contributed by atoms with Crippen LogP contribution in [0.2, 0.25) is 0 Å². The van der Waals surface area contributed by atoms with E-state index < -0.39 is 0 Å². The van der Waals surface area contributed by atoms with Crippen molar-refractivity contribution in [1.29, 1.82) is 0 Å². The number of aliphatic imine (C=N–C) groups is 1. The largest absolute Gasteiger partial charge is 0.352 e. The van der Waals surface area contributed by atoms with Crippen molar-refractivity contribution in [2.45, 2.75) is 13.1 Å². The van der Waals surface area contributed by atoms with Crippen molar-refractivity contribution >= 4 is 57.2 Å². The lowest BCUT2D eigenvalue weighted by Gasteiger charge is -2.11. The highest BCUT2D eigenvalue weighted by molar-refractivity contribution is 14.0. The molecule has 0 radical (unpaired) electrons. The topological polar surface area (TPSA) is 36.4 Å². The lowest BCUT2D eigenvalue weighted by Crippen LogP contribution is -2.36. The van der Waals surface area contributed by atoms with E-state index in [1.165, 1.54) is 10.4 Å². The van der Waals surface area contributed by atoms with Crippen molar-refractivity contribution < 1.29 is 0 Å². The van der Waals surface area contributed by atoms with E-state index in [9.17, 15) is 0 Å². The summed E-state index contributed by atoms with van der Waals surface area (Å²) < 4.78 is 1.09. The van der Waals surface area contributed by atoms with Crippen molar-refractivity contribution in [3.05, 3.63) is 56.7 Å². The fourth-order valence-electron chi connectivity index (χ4n) is 1.64. The molecule has 6 heteroatoms. The molecule has 1 heterocycles. The predicted octanol–water partition coefficient (Wildman–Crippen LogP) is 3.99. The van der Waals surface area contributed by atoms with Gasteiger partial charge in [0.15, 0.2) is 5.96 Å². The standard InChI is InChI=1S/C14H16BrN3S.HI/c1-16-14(18-10-13-6-3-7-19-13)17-9-11-4-2-5-12(15)8-11;/h2-8H,9-10H2,1H3,(H2,16,17,18);1H. The monoisotopic (exact) mass is 465 g/mol. The molecule has 0 saturated carbocycles. The van der Waals surface area contributed by atoms with E-state index in [-0.39, 0.29) is 24.0 Å². The molecule has 0 spiro atoms. The summed E-state index contributed by atoms with van der Waals surface area (Å²) in [6.07, 6.45) is 0. The first-order valence-electron chi connectivity index (χ1n) is 5.99. The first kappa shape index (κ1) is 17.5. The number of rotatable bonds is 4. The third-order valence-electron chi connectivity index (χ3n) is 2.58. The molecule has 2 aromatic rings. The summed E-state index contributed by atoms with van der Waals surface area (Å²) in [6.45, 7) is 1.55. The van der Waals surface area contributed by atoms with Crippen LogP contribution in [-0.4, -0.2) is 13.0 Å². The summed E-state index contributed by atoms with van der Waals surface area (Å²) in [5, 5.41) is 8.67. The molecule has 0 bridgehead atoms. The molecule has 0 fully saturated rings. The number of hydrogen-bond donors (Lipinski definition) is 2. The predicted molar refractivity (Wildman–Crippen MR) is 101 cm³/mol. The molecule has 3 nitrogen and oxygen atoms in total. The molecule has 2 rings (SSSR count). The van der Waals surface area contributed by atoms with Gasteiger partial charge in [-0.3, -0.25) is 4.99 Å². The van der Waals surface area contributed by atoms with Gasteiger partial charge in [0, 0.05) is 22.9 Å². The number of thiophene rings is 1. The number of nitrogens with one attached hydrogen (secondary N) is 2. The highest BCUT2D eigenvalue weighted by atomic mass is 127. The third-order valence-corrected chi connectivity index (χ3v) is 3.95. The van der Waals surface area contributed by atoms with E-state index in [2.05, 4.69) is 61.2 Å².